The molecule has 0 atom stereocenters. The summed E-state index contributed by atoms with van der Waals surface area (Å²) in [5.41, 5.74) is 3.87. The van der Waals surface area contributed by atoms with Crippen molar-refractivity contribution in [2.75, 3.05) is 33.7 Å². The van der Waals surface area contributed by atoms with Crippen molar-refractivity contribution in [1.82, 2.24) is 24.7 Å². The Morgan fingerprint density at radius 3 is 2.64 bits per heavy atom. The van der Waals surface area contributed by atoms with Crippen molar-refractivity contribution < 1.29 is 4.79 Å². The van der Waals surface area contributed by atoms with Crippen LogP contribution >= 0.6 is 0 Å². The minimum Gasteiger partial charge on any atom is -0.350 e. The predicted octanol–water partition coefficient (Wildman–Crippen LogP) is 2.34. The number of aromatic nitrogens is 2. The third-order valence-electron chi connectivity index (χ3n) is 5.19. The van der Waals surface area contributed by atoms with Crippen LogP contribution in [0.1, 0.15) is 21.7 Å². The fourth-order valence-corrected chi connectivity index (χ4v) is 3.75. The summed E-state index contributed by atoms with van der Waals surface area (Å²) in [7, 11) is 4.20. The first-order valence-corrected chi connectivity index (χ1v) is 9.79. The van der Waals surface area contributed by atoms with E-state index in [0.717, 1.165) is 55.1 Å². The first kappa shape index (κ1) is 18.7. The highest BCUT2D eigenvalue weighted by Gasteiger charge is 2.22. The topological polar surface area (TPSA) is 53.4 Å². The average molecular weight is 377 g/mol. The van der Waals surface area contributed by atoms with Crippen LogP contribution in [0.3, 0.4) is 0 Å². The van der Waals surface area contributed by atoms with Gasteiger partial charge >= 0.3 is 0 Å². The first-order valence-electron chi connectivity index (χ1n) is 9.79. The van der Waals surface area contributed by atoms with Crippen LogP contribution in [0.5, 0.6) is 0 Å². The second kappa shape index (κ2) is 8.12. The normalized spacial score (nSPS) is 13.9. The summed E-state index contributed by atoms with van der Waals surface area (Å²) in [5.74, 6) is 1.01. The minimum atomic E-state index is -0.00968. The van der Waals surface area contributed by atoms with Crippen molar-refractivity contribution >= 4 is 16.9 Å². The minimum absolute atomic E-state index is 0.00968. The van der Waals surface area contributed by atoms with Crippen LogP contribution in [-0.2, 0) is 19.6 Å². The largest absolute Gasteiger partial charge is 0.350 e. The monoisotopic (exact) mass is 377 g/mol. The molecule has 0 aliphatic carbocycles. The van der Waals surface area contributed by atoms with E-state index in [9.17, 15) is 4.79 Å². The SMILES string of the molecule is CN(C)CCN(Cc1ccccc1)Cc1nc2cccc3c2n1CCNC3=O. The van der Waals surface area contributed by atoms with Gasteiger partial charge in [-0.1, -0.05) is 36.4 Å². The number of rotatable bonds is 7. The molecule has 0 unspecified atom stereocenters. The van der Waals surface area contributed by atoms with Crippen molar-refractivity contribution in [1.29, 1.82) is 0 Å². The van der Waals surface area contributed by atoms with E-state index in [1.807, 2.05) is 24.3 Å². The molecule has 0 spiro atoms. The Kier molecular flexibility index (Phi) is 5.41. The molecule has 0 bridgehead atoms. The second-order valence-corrected chi connectivity index (χ2v) is 7.61. The summed E-state index contributed by atoms with van der Waals surface area (Å²) in [4.78, 5) is 21.9. The van der Waals surface area contributed by atoms with Crippen molar-refractivity contribution in [3.8, 4) is 0 Å². The average Bonchev–Trinajstić information content (AvgIpc) is 2.94. The molecule has 1 N–H and O–H groups in total. The molecule has 3 aromatic rings. The molecule has 1 aromatic heterocycles. The van der Waals surface area contributed by atoms with Gasteiger partial charge in [-0.15, -0.1) is 0 Å². The summed E-state index contributed by atoms with van der Waals surface area (Å²) < 4.78 is 2.22. The Morgan fingerprint density at radius 1 is 1.04 bits per heavy atom. The molecule has 0 radical (unpaired) electrons. The molecule has 6 nitrogen and oxygen atoms in total. The van der Waals surface area contributed by atoms with Crippen LogP contribution in [-0.4, -0.2) is 59.0 Å². The van der Waals surface area contributed by atoms with Crippen LogP contribution in [0.2, 0.25) is 0 Å². The summed E-state index contributed by atoms with van der Waals surface area (Å²) >= 11 is 0. The number of nitrogens with one attached hydrogen (secondary N) is 1. The van der Waals surface area contributed by atoms with Gasteiger partial charge in [-0.2, -0.15) is 0 Å². The van der Waals surface area contributed by atoms with Crippen LogP contribution in [0.15, 0.2) is 48.5 Å². The van der Waals surface area contributed by atoms with Gasteiger partial charge in [0.05, 0.1) is 23.1 Å². The maximum Gasteiger partial charge on any atom is 0.253 e. The zero-order chi connectivity index (χ0) is 19.5. The number of para-hydroxylation sites is 1. The van der Waals surface area contributed by atoms with Crippen LogP contribution in [0.4, 0.5) is 0 Å². The molecule has 2 heterocycles. The fraction of sp³-hybridized carbons (Fsp3) is 0.364. The maximum absolute atomic E-state index is 12.4. The van der Waals surface area contributed by atoms with Crippen molar-refractivity contribution in [2.45, 2.75) is 19.6 Å². The lowest BCUT2D eigenvalue weighted by atomic mass is 10.2. The van der Waals surface area contributed by atoms with Crippen molar-refractivity contribution in [3.63, 3.8) is 0 Å². The van der Waals surface area contributed by atoms with E-state index < -0.39 is 0 Å². The molecular weight excluding hydrogens is 350 g/mol. The quantitative estimate of drug-likeness (QED) is 0.687. The molecule has 28 heavy (non-hydrogen) atoms. The van der Waals surface area contributed by atoms with E-state index in [4.69, 9.17) is 4.98 Å². The van der Waals surface area contributed by atoms with Gasteiger partial charge in [0.15, 0.2) is 0 Å². The maximum atomic E-state index is 12.4. The molecule has 146 valence electrons. The summed E-state index contributed by atoms with van der Waals surface area (Å²) in [6.45, 7) is 4.95. The third kappa shape index (κ3) is 3.93. The van der Waals surface area contributed by atoms with Gasteiger partial charge in [0.2, 0.25) is 0 Å². The van der Waals surface area contributed by atoms with Crippen molar-refractivity contribution in [2.24, 2.45) is 0 Å². The zero-order valence-corrected chi connectivity index (χ0v) is 16.6. The third-order valence-corrected chi connectivity index (χ3v) is 5.19. The molecule has 1 aliphatic heterocycles. The van der Waals surface area contributed by atoms with E-state index in [1.165, 1.54) is 5.56 Å². The Bertz CT molecular complexity index is 964. The number of hydrogen-bond donors (Lipinski definition) is 1. The number of amides is 1. The highest BCUT2D eigenvalue weighted by atomic mass is 16.1. The lowest BCUT2D eigenvalue weighted by molar-refractivity contribution is 0.0956. The van der Waals surface area contributed by atoms with Gasteiger partial charge < -0.3 is 14.8 Å². The zero-order valence-electron chi connectivity index (χ0n) is 16.6. The summed E-state index contributed by atoms with van der Waals surface area (Å²) in [6.07, 6.45) is 0. The van der Waals surface area contributed by atoms with E-state index >= 15 is 0 Å². The van der Waals surface area contributed by atoms with E-state index in [0.29, 0.717) is 6.54 Å². The molecular formula is C22H27N5O. The highest BCUT2D eigenvalue weighted by molar-refractivity contribution is 6.05. The predicted molar refractivity (Wildman–Crippen MR) is 111 cm³/mol. The second-order valence-electron chi connectivity index (χ2n) is 7.61. The van der Waals surface area contributed by atoms with E-state index in [2.05, 4.69) is 58.0 Å². The van der Waals surface area contributed by atoms with Crippen LogP contribution in [0, 0.1) is 0 Å². The lowest BCUT2D eigenvalue weighted by Gasteiger charge is -2.24. The summed E-state index contributed by atoms with van der Waals surface area (Å²) in [6, 6.07) is 16.4. The van der Waals surface area contributed by atoms with Crippen LogP contribution < -0.4 is 5.32 Å². The van der Waals surface area contributed by atoms with Gasteiger partial charge in [0, 0.05) is 32.7 Å². The number of nitrogens with zero attached hydrogens (tertiary/aromatic N) is 4. The number of benzene rings is 2. The number of carbonyl (C=O) groups is 1. The lowest BCUT2D eigenvalue weighted by Crippen LogP contribution is -2.32. The van der Waals surface area contributed by atoms with E-state index in [-0.39, 0.29) is 5.91 Å². The number of carbonyl (C=O) groups excluding carboxylic acids is 1. The molecule has 1 amide bonds. The molecule has 1 aliphatic rings. The van der Waals surface area contributed by atoms with Crippen molar-refractivity contribution in [3.05, 3.63) is 65.5 Å². The Balaban J connectivity index is 1.66. The van der Waals surface area contributed by atoms with Gasteiger partial charge in [-0.05, 0) is 31.8 Å². The standard InChI is InChI=1S/C22H27N5O/c1-25(2)13-14-26(15-17-7-4-3-5-8-17)16-20-24-19-10-6-9-18-21(19)27(20)12-11-23-22(18)28/h3-10H,11-16H2,1-2H3,(H,23,28). The van der Waals surface area contributed by atoms with Gasteiger partial charge in [-0.3, -0.25) is 9.69 Å². The molecule has 0 fully saturated rings. The van der Waals surface area contributed by atoms with Crippen LogP contribution in [0.25, 0.3) is 11.0 Å². The molecule has 4 rings (SSSR count). The first-order chi connectivity index (χ1) is 13.6. The van der Waals surface area contributed by atoms with Gasteiger partial charge in [0.1, 0.15) is 5.82 Å². The Labute approximate surface area is 165 Å². The molecule has 0 saturated carbocycles. The Morgan fingerprint density at radius 2 is 1.86 bits per heavy atom. The number of likely N-dealkylation sites (N-methyl/N-ethyl adjacent to an activating group) is 1. The fourth-order valence-electron chi connectivity index (χ4n) is 3.75. The molecule has 2 aromatic carbocycles. The smallest absolute Gasteiger partial charge is 0.253 e. The Hall–Kier alpha value is -2.70. The number of hydrogen-bond acceptors (Lipinski definition) is 4. The number of imidazole rings is 1. The highest BCUT2D eigenvalue weighted by Crippen LogP contribution is 2.23. The van der Waals surface area contributed by atoms with Gasteiger partial charge in [0.25, 0.3) is 5.91 Å². The van der Waals surface area contributed by atoms with E-state index in [1.54, 1.807) is 0 Å². The molecule has 0 saturated heterocycles. The molecule has 6 heteroatoms. The van der Waals surface area contributed by atoms with Gasteiger partial charge in [-0.25, -0.2) is 4.98 Å². The summed E-state index contributed by atoms with van der Waals surface area (Å²) in [5, 5.41) is 2.99.